The van der Waals surface area contributed by atoms with Crippen LogP contribution in [0.1, 0.15) is 17.2 Å². The summed E-state index contributed by atoms with van der Waals surface area (Å²) < 4.78 is 35.0. The van der Waals surface area contributed by atoms with Crippen LogP contribution in [0.5, 0.6) is 0 Å². The van der Waals surface area contributed by atoms with Crippen LogP contribution < -0.4 is 5.32 Å². The molecule has 0 radical (unpaired) electrons. The Morgan fingerprint density at radius 2 is 2.11 bits per heavy atom. The molecule has 27 heavy (non-hydrogen) atoms. The van der Waals surface area contributed by atoms with Gasteiger partial charge in [-0.15, -0.1) is 24.0 Å². The topological polar surface area (TPSA) is 54.7 Å². The second-order valence-corrected chi connectivity index (χ2v) is 6.18. The average molecular weight is 491 g/mol. The summed E-state index contributed by atoms with van der Waals surface area (Å²) in [6, 6.07) is 3.91. The highest BCUT2D eigenvalue weighted by Crippen LogP contribution is 2.21. The van der Waals surface area contributed by atoms with Gasteiger partial charge >= 0.3 is 0 Å². The molecule has 0 aliphatic carbocycles. The van der Waals surface area contributed by atoms with Gasteiger partial charge in [0.05, 0.1) is 19.3 Å². The molecule has 3 rings (SSSR count). The zero-order valence-electron chi connectivity index (χ0n) is 15.4. The molecule has 1 atom stereocenters. The largest absolute Gasteiger partial charge is 0.370 e. The zero-order valence-corrected chi connectivity index (χ0v) is 17.7. The standard InChI is InChI=1S/C18H23F2N5O.HI/c1-21-18(22-7-6-14-15(19)4-3-5-16(14)20)25-8-9-26-17(12-25)13-10-23-24(2)11-13;/h3-5,10-11,17H,6-9,12H2,1-2H3,(H,21,22);1H. The van der Waals surface area contributed by atoms with Gasteiger partial charge in [0, 0.05) is 44.5 Å². The maximum Gasteiger partial charge on any atom is 0.193 e. The molecular formula is C18H24F2IN5O. The minimum absolute atomic E-state index is 0. The first-order valence-corrected chi connectivity index (χ1v) is 8.57. The third kappa shape index (κ3) is 5.38. The highest BCUT2D eigenvalue weighted by atomic mass is 127. The molecule has 0 saturated carbocycles. The van der Waals surface area contributed by atoms with Crippen LogP contribution in [0.25, 0.3) is 0 Å². The van der Waals surface area contributed by atoms with Crippen molar-refractivity contribution in [3.8, 4) is 0 Å². The summed E-state index contributed by atoms with van der Waals surface area (Å²) in [5.74, 6) is -0.353. The Labute approximate surface area is 174 Å². The van der Waals surface area contributed by atoms with Crippen molar-refractivity contribution < 1.29 is 13.5 Å². The SMILES string of the molecule is CN=C(NCCc1c(F)cccc1F)N1CCOC(c2cnn(C)c2)C1.I. The van der Waals surface area contributed by atoms with Crippen LogP contribution >= 0.6 is 24.0 Å². The van der Waals surface area contributed by atoms with Crippen LogP contribution in [-0.4, -0.2) is 53.9 Å². The van der Waals surface area contributed by atoms with E-state index in [0.29, 0.717) is 32.2 Å². The summed E-state index contributed by atoms with van der Waals surface area (Å²) in [6.45, 7) is 2.30. The van der Waals surface area contributed by atoms with Crippen molar-refractivity contribution in [2.75, 3.05) is 33.3 Å². The van der Waals surface area contributed by atoms with Gasteiger partial charge in [0.2, 0.25) is 0 Å². The molecule has 0 bridgehead atoms. The van der Waals surface area contributed by atoms with Crippen molar-refractivity contribution in [3.63, 3.8) is 0 Å². The number of rotatable bonds is 4. The Morgan fingerprint density at radius 3 is 2.74 bits per heavy atom. The van der Waals surface area contributed by atoms with Gasteiger partial charge in [0.15, 0.2) is 5.96 Å². The lowest BCUT2D eigenvalue weighted by Crippen LogP contribution is -2.48. The first-order valence-electron chi connectivity index (χ1n) is 8.57. The number of nitrogens with zero attached hydrogens (tertiary/aromatic N) is 4. The van der Waals surface area contributed by atoms with E-state index < -0.39 is 11.6 Å². The van der Waals surface area contributed by atoms with Gasteiger partial charge in [-0.2, -0.15) is 5.10 Å². The maximum absolute atomic E-state index is 13.7. The molecule has 6 nitrogen and oxygen atoms in total. The monoisotopic (exact) mass is 491 g/mol. The van der Waals surface area contributed by atoms with Gasteiger partial charge < -0.3 is 15.0 Å². The number of aliphatic imine (C=N–C) groups is 1. The van der Waals surface area contributed by atoms with Crippen LogP contribution in [0.4, 0.5) is 8.78 Å². The number of ether oxygens (including phenoxy) is 1. The molecule has 1 fully saturated rings. The number of guanidine groups is 1. The molecule has 1 aromatic heterocycles. The van der Waals surface area contributed by atoms with Gasteiger partial charge in [0.25, 0.3) is 0 Å². The van der Waals surface area contributed by atoms with Gasteiger partial charge in [-0.1, -0.05) is 6.07 Å². The number of hydrogen-bond acceptors (Lipinski definition) is 3. The second kappa shape index (κ2) is 9.98. The van der Waals surface area contributed by atoms with Crippen LogP contribution in [0.2, 0.25) is 0 Å². The van der Waals surface area contributed by atoms with Gasteiger partial charge in [-0.25, -0.2) is 8.78 Å². The summed E-state index contributed by atoms with van der Waals surface area (Å²) >= 11 is 0. The molecule has 0 spiro atoms. The Kier molecular flexibility index (Phi) is 7.96. The number of nitrogens with one attached hydrogen (secondary N) is 1. The minimum atomic E-state index is -0.523. The quantitative estimate of drug-likeness (QED) is 0.406. The molecule has 1 unspecified atom stereocenters. The summed E-state index contributed by atoms with van der Waals surface area (Å²) in [4.78, 5) is 6.37. The summed E-state index contributed by atoms with van der Waals surface area (Å²) in [5, 5.41) is 7.37. The lowest BCUT2D eigenvalue weighted by molar-refractivity contribution is -0.00801. The van der Waals surface area contributed by atoms with Crippen molar-refractivity contribution >= 4 is 29.9 Å². The fraction of sp³-hybridized carbons (Fsp3) is 0.444. The molecule has 2 heterocycles. The number of aromatic nitrogens is 2. The number of hydrogen-bond donors (Lipinski definition) is 1. The molecule has 1 saturated heterocycles. The molecule has 1 aliphatic rings. The van der Waals surface area contributed by atoms with Gasteiger partial charge in [-0.05, 0) is 18.6 Å². The number of morpholine rings is 1. The van der Waals surface area contributed by atoms with E-state index in [1.165, 1.54) is 18.2 Å². The van der Waals surface area contributed by atoms with Crippen molar-refractivity contribution in [1.82, 2.24) is 20.0 Å². The first-order chi connectivity index (χ1) is 12.6. The number of benzene rings is 1. The van der Waals surface area contributed by atoms with Gasteiger partial charge in [-0.3, -0.25) is 9.67 Å². The van der Waals surface area contributed by atoms with Crippen molar-refractivity contribution in [2.24, 2.45) is 12.0 Å². The summed E-state index contributed by atoms with van der Waals surface area (Å²) in [6.07, 6.45) is 3.89. The van der Waals surface area contributed by atoms with E-state index in [4.69, 9.17) is 4.74 Å². The minimum Gasteiger partial charge on any atom is -0.370 e. The van der Waals surface area contributed by atoms with E-state index >= 15 is 0 Å². The molecule has 1 aromatic carbocycles. The Balaban J connectivity index is 0.00000261. The third-order valence-corrected chi connectivity index (χ3v) is 4.39. The Bertz CT molecular complexity index is 763. The van der Waals surface area contributed by atoms with E-state index in [-0.39, 0.29) is 42.1 Å². The van der Waals surface area contributed by atoms with Crippen molar-refractivity contribution in [1.29, 1.82) is 0 Å². The normalized spacial score (nSPS) is 17.6. The first kappa shape index (κ1) is 21.5. The lowest BCUT2D eigenvalue weighted by atomic mass is 10.1. The molecule has 2 aromatic rings. The smallest absolute Gasteiger partial charge is 0.193 e. The highest BCUT2D eigenvalue weighted by molar-refractivity contribution is 14.0. The highest BCUT2D eigenvalue weighted by Gasteiger charge is 2.25. The molecule has 1 N–H and O–H groups in total. The van der Waals surface area contributed by atoms with E-state index in [2.05, 4.69) is 20.3 Å². The van der Waals surface area contributed by atoms with E-state index in [1.54, 1.807) is 17.9 Å². The molecule has 9 heteroatoms. The summed E-state index contributed by atoms with van der Waals surface area (Å²) in [5.41, 5.74) is 1.10. The molecule has 0 amide bonds. The predicted octanol–water partition coefficient (Wildman–Crippen LogP) is 2.51. The number of aryl methyl sites for hydroxylation is 1. The Morgan fingerprint density at radius 1 is 1.37 bits per heavy atom. The van der Waals surface area contributed by atoms with Crippen LogP contribution in [-0.2, 0) is 18.2 Å². The van der Waals surface area contributed by atoms with Crippen molar-refractivity contribution in [2.45, 2.75) is 12.5 Å². The fourth-order valence-electron chi connectivity index (χ4n) is 3.05. The third-order valence-electron chi connectivity index (χ3n) is 4.39. The molecular weight excluding hydrogens is 467 g/mol. The predicted molar refractivity (Wildman–Crippen MR) is 110 cm³/mol. The van der Waals surface area contributed by atoms with Crippen LogP contribution in [0.15, 0.2) is 35.6 Å². The van der Waals surface area contributed by atoms with Crippen molar-refractivity contribution in [3.05, 3.63) is 53.4 Å². The fourth-order valence-corrected chi connectivity index (χ4v) is 3.05. The Hall–Kier alpha value is -1.75. The van der Waals surface area contributed by atoms with E-state index in [1.807, 2.05) is 13.2 Å². The zero-order chi connectivity index (χ0) is 18.5. The van der Waals surface area contributed by atoms with Crippen LogP contribution in [0, 0.1) is 11.6 Å². The maximum atomic E-state index is 13.7. The van der Waals surface area contributed by atoms with E-state index in [0.717, 1.165) is 5.56 Å². The number of halogens is 3. The average Bonchev–Trinajstić information content (AvgIpc) is 3.07. The second-order valence-electron chi connectivity index (χ2n) is 6.18. The molecule has 1 aliphatic heterocycles. The van der Waals surface area contributed by atoms with Gasteiger partial charge in [0.1, 0.15) is 17.7 Å². The lowest BCUT2D eigenvalue weighted by Gasteiger charge is -2.34. The summed E-state index contributed by atoms with van der Waals surface area (Å²) in [7, 11) is 3.56. The van der Waals surface area contributed by atoms with E-state index in [9.17, 15) is 8.78 Å². The molecule has 148 valence electrons. The van der Waals surface area contributed by atoms with Crippen LogP contribution in [0.3, 0.4) is 0 Å².